The van der Waals surface area contributed by atoms with Gasteiger partial charge in [-0.15, -0.1) is 0 Å². The lowest BCUT2D eigenvalue weighted by molar-refractivity contribution is 0.599. The van der Waals surface area contributed by atoms with Gasteiger partial charge < -0.3 is 0 Å². The van der Waals surface area contributed by atoms with Crippen LogP contribution in [-0.2, 0) is 10.0 Å². The van der Waals surface area contributed by atoms with E-state index in [4.69, 9.17) is 16.9 Å². The maximum atomic E-state index is 13.0. The molecule has 0 aromatic heterocycles. The van der Waals surface area contributed by atoms with Crippen molar-refractivity contribution < 1.29 is 12.8 Å². The summed E-state index contributed by atoms with van der Waals surface area (Å²) in [6, 6.07) is 11.1. The highest BCUT2D eigenvalue weighted by molar-refractivity contribution is 7.92. The summed E-state index contributed by atoms with van der Waals surface area (Å²) in [5.41, 5.74) is 0.333. The van der Waals surface area contributed by atoms with Crippen LogP contribution in [0.5, 0.6) is 0 Å². The van der Waals surface area contributed by atoms with Gasteiger partial charge in [0, 0.05) is 0 Å². The molecule has 0 bridgehead atoms. The van der Waals surface area contributed by atoms with Crippen molar-refractivity contribution in [3.05, 3.63) is 58.9 Å². The number of sulfonamides is 1. The van der Waals surface area contributed by atoms with Gasteiger partial charge in [-0.05, 0) is 30.3 Å². The van der Waals surface area contributed by atoms with E-state index in [-0.39, 0.29) is 21.2 Å². The van der Waals surface area contributed by atoms with Crippen LogP contribution >= 0.6 is 11.6 Å². The first kappa shape index (κ1) is 14.3. The maximum absolute atomic E-state index is 13.0. The van der Waals surface area contributed by atoms with Crippen LogP contribution in [0.2, 0.25) is 5.02 Å². The number of anilines is 1. The molecule has 0 unspecified atom stereocenters. The zero-order valence-corrected chi connectivity index (χ0v) is 11.5. The Hall–Kier alpha value is -2.10. The Kier molecular flexibility index (Phi) is 3.93. The molecule has 0 atom stereocenters. The third-order valence-electron chi connectivity index (χ3n) is 2.49. The van der Waals surface area contributed by atoms with Gasteiger partial charge in [-0.25, -0.2) is 12.8 Å². The molecule has 2 aromatic rings. The Morgan fingerprint density at radius 3 is 2.55 bits per heavy atom. The van der Waals surface area contributed by atoms with Gasteiger partial charge in [-0.3, -0.25) is 4.72 Å². The molecule has 1 N–H and O–H groups in total. The highest BCUT2D eigenvalue weighted by atomic mass is 35.5. The van der Waals surface area contributed by atoms with E-state index in [9.17, 15) is 12.8 Å². The fourth-order valence-electron chi connectivity index (χ4n) is 1.52. The van der Waals surface area contributed by atoms with Crippen molar-refractivity contribution in [1.29, 1.82) is 5.26 Å². The maximum Gasteiger partial charge on any atom is 0.261 e. The second-order valence-electron chi connectivity index (χ2n) is 3.84. The molecule has 0 aliphatic heterocycles. The fourth-order valence-corrected chi connectivity index (χ4v) is 2.87. The molecule has 0 fully saturated rings. The number of nitrogens with zero attached hydrogens (tertiary/aromatic N) is 1. The Bertz CT molecular complexity index is 800. The predicted molar refractivity (Wildman–Crippen MR) is 73.4 cm³/mol. The van der Waals surface area contributed by atoms with Crippen LogP contribution in [-0.4, -0.2) is 8.42 Å². The van der Waals surface area contributed by atoms with Gasteiger partial charge in [0.25, 0.3) is 10.0 Å². The van der Waals surface area contributed by atoms with E-state index in [1.54, 1.807) is 12.1 Å². The monoisotopic (exact) mass is 310 g/mol. The second kappa shape index (κ2) is 5.49. The van der Waals surface area contributed by atoms with Crippen LogP contribution in [0.15, 0.2) is 47.4 Å². The Balaban J connectivity index is 2.41. The third-order valence-corrected chi connectivity index (χ3v) is 4.15. The Morgan fingerprint density at radius 1 is 1.20 bits per heavy atom. The number of benzene rings is 2. The zero-order valence-electron chi connectivity index (χ0n) is 9.97. The molecule has 0 heterocycles. The average Bonchev–Trinajstić information content (AvgIpc) is 2.42. The standard InChI is InChI=1S/C13H8ClFN2O2S/c14-11-7-10(5-6-12(11)15)20(18,19)17-13-4-2-1-3-9(13)8-16/h1-7,17H. The number of para-hydroxylation sites is 1. The number of nitrogens with one attached hydrogen (secondary N) is 1. The number of rotatable bonds is 3. The van der Waals surface area contributed by atoms with Crippen molar-refractivity contribution in [2.24, 2.45) is 0 Å². The molecule has 0 aliphatic carbocycles. The Morgan fingerprint density at radius 2 is 1.90 bits per heavy atom. The fraction of sp³-hybridized carbons (Fsp3) is 0. The SMILES string of the molecule is N#Cc1ccccc1NS(=O)(=O)c1ccc(F)c(Cl)c1. The van der Waals surface area contributed by atoms with Gasteiger partial charge in [0.05, 0.1) is 21.2 Å². The van der Waals surface area contributed by atoms with Crippen molar-refractivity contribution in [2.45, 2.75) is 4.90 Å². The number of hydrogen-bond donors (Lipinski definition) is 1. The van der Waals surface area contributed by atoms with Crippen LogP contribution in [0.25, 0.3) is 0 Å². The molecule has 4 nitrogen and oxygen atoms in total. The van der Waals surface area contributed by atoms with E-state index in [0.717, 1.165) is 18.2 Å². The summed E-state index contributed by atoms with van der Waals surface area (Å²) in [4.78, 5) is -0.184. The Labute approximate surface area is 120 Å². The van der Waals surface area contributed by atoms with Crippen LogP contribution in [0, 0.1) is 17.1 Å². The van der Waals surface area contributed by atoms with Crippen LogP contribution in [0.1, 0.15) is 5.56 Å². The van der Waals surface area contributed by atoms with E-state index >= 15 is 0 Å². The summed E-state index contributed by atoms with van der Waals surface area (Å²) >= 11 is 5.56. The van der Waals surface area contributed by atoms with Gasteiger partial charge >= 0.3 is 0 Å². The number of nitriles is 1. The normalized spacial score (nSPS) is 10.8. The number of hydrogen-bond acceptors (Lipinski definition) is 3. The van der Waals surface area contributed by atoms with Crippen LogP contribution in [0.4, 0.5) is 10.1 Å². The van der Waals surface area contributed by atoms with Crippen LogP contribution < -0.4 is 4.72 Å². The van der Waals surface area contributed by atoms with Crippen LogP contribution in [0.3, 0.4) is 0 Å². The van der Waals surface area contributed by atoms with Gasteiger partial charge in [-0.1, -0.05) is 23.7 Å². The van der Waals surface area contributed by atoms with Crippen molar-refractivity contribution >= 4 is 27.3 Å². The summed E-state index contributed by atoms with van der Waals surface area (Å²) in [6.45, 7) is 0. The smallest absolute Gasteiger partial charge is 0.261 e. The molecular formula is C13H8ClFN2O2S. The van der Waals surface area contributed by atoms with E-state index in [1.807, 2.05) is 6.07 Å². The van der Waals surface area contributed by atoms with Gasteiger partial charge in [0.2, 0.25) is 0 Å². The van der Waals surface area contributed by atoms with E-state index in [0.29, 0.717) is 0 Å². The summed E-state index contributed by atoms with van der Waals surface area (Å²) in [5, 5.41) is 8.62. The minimum atomic E-state index is -3.94. The van der Waals surface area contributed by atoms with Crippen molar-refractivity contribution in [2.75, 3.05) is 4.72 Å². The molecule has 0 spiro atoms. The van der Waals surface area contributed by atoms with E-state index < -0.39 is 15.8 Å². The molecule has 7 heteroatoms. The minimum absolute atomic E-state index is 0.149. The largest absolute Gasteiger partial charge is 0.278 e. The van der Waals surface area contributed by atoms with Crippen molar-refractivity contribution in [3.8, 4) is 6.07 Å². The summed E-state index contributed by atoms with van der Waals surface area (Å²) < 4.78 is 39.6. The molecule has 2 aromatic carbocycles. The zero-order chi connectivity index (χ0) is 14.8. The highest BCUT2D eigenvalue weighted by Gasteiger charge is 2.17. The first-order valence-corrected chi connectivity index (χ1v) is 7.27. The molecule has 0 radical (unpaired) electrons. The van der Waals surface area contributed by atoms with Crippen molar-refractivity contribution in [1.82, 2.24) is 0 Å². The molecule has 102 valence electrons. The van der Waals surface area contributed by atoms with E-state index in [1.165, 1.54) is 12.1 Å². The highest BCUT2D eigenvalue weighted by Crippen LogP contribution is 2.23. The molecule has 20 heavy (non-hydrogen) atoms. The van der Waals surface area contributed by atoms with Gasteiger partial charge in [0.1, 0.15) is 11.9 Å². The van der Waals surface area contributed by atoms with Gasteiger partial charge in [-0.2, -0.15) is 5.26 Å². The first-order valence-electron chi connectivity index (χ1n) is 5.41. The number of halogens is 2. The lowest BCUT2D eigenvalue weighted by Crippen LogP contribution is -2.14. The summed E-state index contributed by atoms with van der Waals surface area (Å²) in [5.74, 6) is -0.706. The second-order valence-corrected chi connectivity index (χ2v) is 5.93. The summed E-state index contributed by atoms with van der Waals surface area (Å²) in [7, 11) is -3.94. The molecule has 2 rings (SSSR count). The summed E-state index contributed by atoms with van der Waals surface area (Å²) in [6.07, 6.45) is 0. The average molecular weight is 311 g/mol. The molecule has 0 amide bonds. The minimum Gasteiger partial charge on any atom is -0.278 e. The molecule has 0 saturated carbocycles. The lowest BCUT2D eigenvalue weighted by atomic mass is 10.2. The molecule has 0 saturated heterocycles. The topological polar surface area (TPSA) is 70.0 Å². The lowest BCUT2D eigenvalue weighted by Gasteiger charge is -2.09. The van der Waals surface area contributed by atoms with Crippen molar-refractivity contribution in [3.63, 3.8) is 0 Å². The third kappa shape index (κ3) is 2.90. The first-order chi connectivity index (χ1) is 9.44. The quantitative estimate of drug-likeness (QED) is 0.946. The van der Waals surface area contributed by atoms with E-state index in [2.05, 4.69) is 4.72 Å². The molecular weight excluding hydrogens is 303 g/mol. The molecule has 0 aliphatic rings. The predicted octanol–water partition coefficient (Wildman–Crippen LogP) is 3.15. The van der Waals surface area contributed by atoms with Gasteiger partial charge in [0.15, 0.2) is 0 Å².